The minimum atomic E-state index is -0.0594. The van der Waals surface area contributed by atoms with Crippen molar-refractivity contribution in [2.45, 2.75) is 13.8 Å². The predicted octanol–water partition coefficient (Wildman–Crippen LogP) is 3.34. The van der Waals surface area contributed by atoms with E-state index in [0.717, 1.165) is 32.2 Å². The normalized spacial score (nSPS) is 10.9. The number of nitrogens with one attached hydrogen (secondary N) is 2. The van der Waals surface area contributed by atoms with E-state index in [1.54, 1.807) is 6.33 Å². The van der Waals surface area contributed by atoms with Gasteiger partial charge in [0, 0.05) is 29.5 Å². The van der Waals surface area contributed by atoms with E-state index in [2.05, 4.69) is 25.6 Å². The zero-order valence-corrected chi connectivity index (χ0v) is 16.5. The molecule has 0 fully saturated rings. The lowest BCUT2D eigenvalue weighted by Gasteiger charge is -2.09. The molecule has 3 aromatic heterocycles. The molecule has 4 aromatic rings. The lowest BCUT2D eigenvalue weighted by molar-refractivity contribution is 0.0959. The van der Waals surface area contributed by atoms with Gasteiger partial charge in [-0.1, -0.05) is 18.2 Å². The van der Waals surface area contributed by atoms with Crippen LogP contribution in [0.3, 0.4) is 0 Å². The molecule has 142 valence electrons. The standard InChI is InChI=1S/C20H20N6OS/c1-13-14(2)26(12-25-13)19-10-18(23-11-24-19)21-7-8-22-20(27)17-9-15-5-3-4-6-16(15)28-17/h3-6,9-12H,7-8H2,1-2H3,(H,22,27)(H,21,23,24). The molecule has 0 radical (unpaired) electrons. The Labute approximate surface area is 166 Å². The first-order chi connectivity index (χ1) is 13.6. The van der Waals surface area contributed by atoms with E-state index in [0.29, 0.717) is 18.9 Å². The van der Waals surface area contributed by atoms with Crippen LogP contribution < -0.4 is 10.6 Å². The molecule has 28 heavy (non-hydrogen) atoms. The first-order valence-electron chi connectivity index (χ1n) is 8.95. The first kappa shape index (κ1) is 18.1. The van der Waals surface area contributed by atoms with Gasteiger partial charge in [-0.25, -0.2) is 15.0 Å². The molecule has 0 aliphatic heterocycles. The van der Waals surface area contributed by atoms with Crippen molar-refractivity contribution in [3.8, 4) is 5.82 Å². The van der Waals surface area contributed by atoms with Gasteiger partial charge in [-0.05, 0) is 31.4 Å². The highest BCUT2D eigenvalue weighted by atomic mass is 32.1. The molecule has 1 aromatic carbocycles. The number of nitrogens with zero attached hydrogens (tertiary/aromatic N) is 4. The molecule has 0 saturated carbocycles. The van der Waals surface area contributed by atoms with E-state index in [1.807, 2.05) is 54.8 Å². The summed E-state index contributed by atoms with van der Waals surface area (Å²) in [5.74, 6) is 1.40. The zero-order chi connectivity index (χ0) is 19.5. The van der Waals surface area contributed by atoms with E-state index >= 15 is 0 Å². The monoisotopic (exact) mass is 392 g/mol. The highest BCUT2D eigenvalue weighted by Crippen LogP contribution is 2.25. The molecule has 0 unspecified atom stereocenters. The fraction of sp³-hybridized carbons (Fsp3) is 0.200. The second-order valence-corrected chi connectivity index (χ2v) is 7.46. The second kappa shape index (κ2) is 7.77. The lowest BCUT2D eigenvalue weighted by atomic mass is 10.2. The number of imidazole rings is 1. The summed E-state index contributed by atoms with van der Waals surface area (Å²) in [5.41, 5.74) is 2.01. The van der Waals surface area contributed by atoms with Gasteiger partial charge in [-0.2, -0.15) is 0 Å². The van der Waals surface area contributed by atoms with Crippen molar-refractivity contribution in [3.05, 3.63) is 65.3 Å². The Balaban J connectivity index is 1.33. The molecule has 0 bridgehead atoms. The lowest BCUT2D eigenvalue weighted by Crippen LogP contribution is -2.28. The van der Waals surface area contributed by atoms with Crippen LogP contribution in [0.2, 0.25) is 0 Å². The molecule has 0 spiro atoms. The molecule has 2 N–H and O–H groups in total. The Kier molecular flexibility index (Phi) is 5.03. The Hall–Kier alpha value is -3.26. The number of aromatic nitrogens is 4. The predicted molar refractivity (Wildman–Crippen MR) is 111 cm³/mol. The Bertz CT molecular complexity index is 1100. The van der Waals surface area contributed by atoms with Crippen LogP contribution in [-0.4, -0.2) is 38.5 Å². The minimum Gasteiger partial charge on any atom is -0.368 e. The Morgan fingerprint density at radius 1 is 1.11 bits per heavy atom. The molecule has 8 heteroatoms. The average Bonchev–Trinajstić information content (AvgIpc) is 3.29. The van der Waals surface area contributed by atoms with Crippen LogP contribution in [0.25, 0.3) is 15.9 Å². The van der Waals surface area contributed by atoms with Crippen molar-refractivity contribution in [3.63, 3.8) is 0 Å². The Morgan fingerprint density at radius 3 is 2.75 bits per heavy atom. The van der Waals surface area contributed by atoms with Crippen molar-refractivity contribution >= 4 is 33.1 Å². The zero-order valence-electron chi connectivity index (χ0n) is 15.6. The summed E-state index contributed by atoms with van der Waals surface area (Å²) in [4.78, 5) is 25.9. The number of benzene rings is 1. The third kappa shape index (κ3) is 3.72. The largest absolute Gasteiger partial charge is 0.368 e. The van der Waals surface area contributed by atoms with Gasteiger partial charge in [-0.15, -0.1) is 11.3 Å². The summed E-state index contributed by atoms with van der Waals surface area (Å²) in [7, 11) is 0. The van der Waals surface area contributed by atoms with Crippen molar-refractivity contribution < 1.29 is 4.79 Å². The van der Waals surface area contributed by atoms with E-state index in [-0.39, 0.29) is 5.91 Å². The number of aryl methyl sites for hydroxylation is 1. The maximum absolute atomic E-state index is 12.3. The van der Waals surface area contributed by atoms with Crippen LogP contribution in [0.15, 0.2) is 49.1 Å². The highest BCUT2D eigenvalue weighted by Gasteiger charge is 2.10. The van der Waals surface area contributed by atoms with E-state index in [4.69, 9.17) is 0 Å². The summed E-state index contributed by atoms with van der Waals surface area (Å²) < 4.78 is 3.04. The summed E-state index contributed by atoms with van der Waals surface area (Å²) in [6.45, 7) is 5.02. The van der Waals surface area contributed by atoms with Gasteiger partial charge in [0.05, 0.1) is 10.6 Å². The number of hydrogen-bond donors (Lipinski definition) is 2. The van der Waals surface area contributed by atoms with Crippen LogP contribution in [0.4, 0.5) is 5.82 Å². The molecule has 0 aliphatic carbocycles. The second-order valence-electron chi connectivity index (χ2n) is 6.38. The molecule has 0 atom stereocenters. The first-order valence-corrected chi connectivity index (χ1v) is 9.77. The molecule has 7 nitrogen and oxygen atoms in total. The quantitative estimate of drug-likeness (QED) is 0.492. The number of hydrogen-bond acceptors (Lipinski definition) is 6. The fourth-order valence-corrected chi connectivity index (χ4v) is 3.83. The average molecular weight is 392 g/mol. The smallest absolute Gasteiger partial charge is 0.261 e. The van der Waals surface area contributed by atoms with Crippen LogP contribution in [0.1, 0.15) is 21.1 Å². The van der Waals surface area contributed by atoms with Gasteiger partial charge >= 0.3 is 0 Å². The molecular weight excluding hydrogens is 372 g/mol. The van der Waals surface area contributed by atoms with Gasteiger partial charge < -0.3 is 10.6 Å². The Morgan fingerprint density at radius 2 is 1.96 bits per heavy atom. The maximum atomic E-state index is 12.3. The van der Waals surface area contributed by atoms with Gasteiger partial charge in [0.2, 0.25) is 0 Å². The summed E-state index contributed by atoms with van der Waals surface area (Å²) in [6, 6.07) is 11.8. The number of anilines is 1. The number of rotatable bonds is 6. The van der Waals surface area contributed by atoms with Gasteiger partial charge in [0.25, 0.3) is 5.91 Å². The van der Waals surface area contributed by atoms with Crippen molar-refractivity contribution in [2.24, 2.45) is 0 Å². The summed E-state index contributed by atoms with van der Waals surface area (Å²) >= 11 is 1.50. The van der Waals surface area contributed by atoms with Gasteiger partial charge in [0.1, 0.15) is 24.3 Å². The number of amides is 1. The number of thiophene rings is 1. The van der Waals surface area contributed by atoms with Crippen LogP contribution in [0, 0.1) is 13.8 Å². The van der Waals surface area contributed by atoms with E-state index in [9.17, 15) is 4.79 Å². The third-order valence-electron chi connectivity index (χ3n) is 4.52. The molecule has 3 heterocycles. The molecule has 1 amide bonds. The third-order valence-corrected chi connectivity index (χ3v) is 5.63. The van der Waals surface area contributed by atoms with Crippen LogP contribution in [0.5, 0.6) is 0 Å². The van der Waals surface area contributed by atoms with Crippen LogP contribution >= 0.6 is 11.3 Å². The number of carbonyl (C=O) groups is 1. The molecule has 0 aliphatic rings. The van der Waals surface area contributed by atoms with E-state index in [1.165, 1.54) is 17.7 Å². The summed E-state index contributed by atoms with van der Waals surface area (Å²) in [5, 5.41) is 7.25. The fourth-order valence-electron chi connectivity index (χ4n) is 2.85. The number of carbonyl (C=O) groups excluding carboxylic acids is 1. The van der Waals surface area contributed by atoms with Crippen molar-refractivity contribution in [1.82, 2.24) is 24.8 Å². The van der Waals surface area contributed by atoms with E-state index < -0.39 is 0 Å². The highest BCUT2D eigenvalue weighted by molar-refractivity contribution is 7.20. The molecule has 0 saturated heterocycles. The maximum Gasteiger partial charge on any atom is 0.261 e. The van der Waals surface area contributed by atoms with Crippen molar-refractivity contribution in [1.29, 1.82) is 0 Å². The van der Waals surface area contributed by atoms with Crippen LogP contribution in [-0.2, 0) is 0 Å². The number of fused-ring (bicyclic) bond motifs is 1. The minimum absolute atomic E-state index is 0.0594. The topological polar surface area (TPSA) is 84.7 Å². The summed E-state index contributed by atoms with van der Waals surface area (Å²) in [6.07, 6.45) is 3.27. The van der Waals surface area contributed by atoms with Gasteiger partial charge in [-0.3, -0.25) is 9.36 Å². The SMILES string of the molecule is Cc1ncn(-c2cc(NCCNC(=O)c3cc4ccccc4s3)ncn2)c1C. The van der Waals surface area contributed by atoms with Gasteiger partial charge in [0.15, 0.2) is 0 Å². The molecule has 4 rings (SSSR count). The van der Waals surface area contributed by atoms with Crippen molar-refractivity contribution in [2.75, 3.05) is 18.4 Å². The molecular formula is C20H20N6OS.